The first-order valence-electron chi connectivity index (χ1n) is 10.1. The van der Waals surface area contributed by atoms with Crippen molar-refractivity contribution < 1.29 is 17.5 Å². The highest BCUT2D eigenvalue weighted by Gasteiger charge is 2.28. The number of hydrogen-bond acceptors (Lipinski definition) is 4. The summed E-state index contributed by atoms with van der Waals surface area (Å²) in [7, 11) is -0.596. The Bertz CT molecular complexity index is 1180. The van der Waals surface area contributed by atoms with E-state index in [2.05, 4.69) is 21.8 Å². The van der Waals surface area contributed by atoms with Crippen molar-refractivity contribution in [3.63, 3.8) is 0 Å². The Hall–Kier alpha value is -2.68. The molecule has 2 heterocycles. The molecular weight excluding hydrogens is 417 g/mol. The van der Waals surface area contributed by atoms with Crippen molar-refractivity contribution in [3.8, 4) is 5.75 Å². The van der Waals surface area contributed by atoms with Gasteiger partial charge in [0.15, 0.2) is 11.6 Å². The summed E-state index contributed by atoms with van der Waals surface area (Å²) >= 11 is 0. The molecule has 6 nitrogen and oxygen atoms in total. The van der Waals surface area contributed by atoms with E-state index in [-0.39, 0.29) is 23.2 Å². The molecule has 8 heteroatoms. The molecule has 0 radical (unpaired) electrons. The van der Waals surface area contributed by atoms with E-state index in [0.29, 0.717) is 0 Å². The van der Waals surface area contributed by atoms with Crippen LogP contribution in [-0.2, 0) is 30.0 Å². The average molecular weight is 444 g/mol. The summed E-state index contributed by atoms with van der Waals surface area (Å²) in [4.78, 5) is 2.16. The molecule has 31 heavy (non-hydrogen) atoms. The minimum absolute atomic E-state index is 0.00705. The number of nitrogens with zero attached hydrogens (tertiary/aromatic N) is 2. The smallest absolute Gasteiger partial charge is 0.240 e. The molecule has 0 bridgehead atoms. The first-order valence-corrected chi connectivity index (χ1v) is 11.6. The first-order chi connectivity index (χ1) is 14.9. The second kappa shape index (κ2) is 8.82. The number of hydrogen-bond donors (Lipinski definition) is 1. The number of ether oxygens (including phenoxy) is 1. The molecule has 1 aliphatic rings. The molecule has 1 aliphatic heterocycles. The maximum atomic E-state index is 14.1. The van der Waals surface area contributed by atoms with Crippen LogP contribution in [0.1, 0.15) is 22.9 Å². The number of sulfonamides is 1. The number of fused-ring (bicyclic) bond motifs is 1. The molecule has 1 aromatic heterocycles. The van der Waals surface area contributed by atoms with E-state index in [4.69, 9.17) is 4.74 Å². The Morgan fingerprint density at radius 2 is 1.90 bits per heavy atom. The predicted molar refractivity (Wildman–Crippen MR) is 117 cm³/mol. The highest BCUT2D eigenvalue weighted by molar-refractivity contribution is 7.89. The van der Waals surface area contributed by atoms with Crippen LogP contribution in [0, 0.1) is 5.82 Å². The second-order valence-electron chi connectivity index (χ2n) is 7.70. The van der Waals surface area contributed by atoms with Crippen LogP contribution in [0.5, 0.6) is 5.75 Å². The van der Waals surface area contributed by atoms with Gasteiger partial charge in [-0.2, -0.15) is 0 Å². The van der Waals surface area contributed by atoms with Gasteiger partial charge < -0.3 is 9.30 Å². The topological polar surface area (TPSA) is 63.6 Å². The normalized spacial score (nSPS) is 15.5. The number of halogens is 1. The fourth-order valence-electron chi connectivity index (χ4n) is 4.11. The molecule has 164 valence electrons. The van der Waals surface area contributed by atoms with Gasteiger partial charge in [-0.1, -0.05) is 24.3 Å². The van der Waals surface area contributed by atoms with Crippen LogP contribution in [0.25, 0.3) is 0 Å². The van der Waals surface area contributed by atoms with Crippen LogP contribution in [-0.4, -0.2) is 38.1 Å². The van der Waals surface area contributed by atoms with Gasteiger partial charge in [0.05, 0.1) is 18.0 Å². The van der Waals surface area contributed by atoms with E-state index in [9.17, 15) is 12.8 Å². The number of nitrogens with one attached hydrogen (secondary N) is 1. The van der Waals surface area contributed by atoms with E-state index < -0.39 is 15.8 Å². The summed E-state index contributed by atoms with van der Waals surface area (Å²) in [6.07, 6.45) is 2.86. The van der Waals surface area contributed by atoms with E-state index >= 15 is 0 Å². The molecule has 0 aliphatic carbocycles. The number of aryl methyl sites for hydroxylation is 1. The molecule has 0 amide bonds. The molecule has 0 unspecified atom stereocenters. The fourth-order valence-corrected chi connectivity index (χ4v) is 5.16. The average Bonchev–Trinajstić information content (AvgIpc) is 3.19. The van der Waals surface area contributed by atoms with Crippen molar-refractivity contribution in [2.24, 2.45) is 7.05 Å². The zero-order valence-electron chi connectivity index (χ0n) is 17.6. The van der Waals surface area contributed by atoms with Crippen LogP contribution >= 0.6 is 0 Å². The van der Waals surface area contributed by atoms with E-state index in [1.165, 1.54) is 30.4 Å². The third-order valence-corrected chi connectivity index (χ3v) is 7.25. The summed E-state index contributed by atoms with van der Waals surface area (Å²) in [6, 6.07) is 15.8. The molecule has 0 saturated heterocycles. The molecule has 0 saturated carbocycles. The minimum atomic E-state index is -3.89. The molecule has 1 N–H and O–H groups in total. The third kappa shape index (κ3) is 4.51. The van der Waals surface area contributed by atoms with Crippen LogP contribution in [0.2, 0.25) is 0 Å². The quantitative estimate of drug-likeness (QED) is 0.609. The number of aromatic nitrogens is 1. The zero-order valence-corrected chi connectivity index (χ0v) is 18.4. The number of rotatable bonds is 7. The molecule has 0 spiro atoms. The lowest BCUT2D eigenvalue weighted by Gasteiger charge is -2.36. The SMILES string of the molecule is COc1ccc(S(=O)(=O)NC[C@H](c2cccn2C)N2CCc3ccccc3C2)cc1F. The van der Waals surface area contributed by atoms with Crippen LogP contribution < -0.4 is 9.46 Å². The number of methoxy groups -OCH3 is 1. The Balaban J connectivity index is 1.57. The van der Waals surface area contributed by atoms with Crippen LogP contribution in [0.3, 0.4) is 0 Å². The van der Waals surface area contributed by atoms with Gasteiger partial charge in [0.2, 0.25) is 10.0 Å². The maximum Gasteiger partial charge on any atom is 0.240 e. The highest BCUT2D eigenvalue weighted by atomic mass is 32.2. The summed E-state index contributed by atoms with van der Waals surface area (Å²) in [5, 5.41) is 0. The van der Waals surface area contributed by atoms with Crippen molar-refractivity contribution in [3.05, 3.63) is 83.4 Å². The fraction of sp³-hybridized carbons (Fsp3) is 0.304. The Morgan fingerprint density at radius 1 is 1.13 bits per heavy atom. The second-order valence-corrected chi connectivity index (χ2v) is 9.46. The zero-order chi connectivity index (χ0) is 22.0. The van der Waals surface area contributed by atoms with Crippen molar-refractivity contribution in [1.29, 1.82) is 0 Å². The van der Waals surface area contributed by atoms with Crippen molar-refractivity contribution in [2.75, 3.05) is 20.2 Å². The molecule has 4 rings (SSSR count). The van der Waals surface area contributed by atoms with Gasteiger partial charge in [0, 0.05) is 38.6 Å². The standard InChI is InChI=1S/C23H26FN3O3S/c1-26-12-5-8-21(26)22(27-13-11-17-6-3-4-7-18(17)16-27)15-25-31(28,29)19-9-10-23(30-2)20(24)14-19/h3-10,12,14,22,25H,11,13,15-16H2,1-2H3/t22-/m1/s1. The van der Waals surface area contributed by atoms with Gasteiger partial charge in [-0.05, 0) is 47.9 Å². The van der Waals surface area contributed by atoms with Gasteiger partial charge in [-0.15, -0.1) is 0 Å². The summed E-state index contributed by atoms with van der Waals surface area (Å²) < 4.78 is 49.4. The van der Waals surface area contributed by atoms with Gasteiger partial charge in [-0.25, -0.2) is 17.5 Å². The lowest BCUT2D eigenvalue weighted by atomic mass is 9.98. The summed E-state index contributed by atoms with van der Waals surface area (Å²) in [6.45, 7) is 1.74. The van der Waals surface area contributed by atoms with Crippen molar-refractivity contribution in [2.45, 2.75) is 23.9 Å². The maximum absolute atomic E-state index is 14.1. The van der Waals surface area contributed by atoms with Gasteiger partial charge >= 0.3 is 0 Å². The monoisotopic (exact) mass is 443 g/mol. The molecule has 1 atom stereocenters. The summed E-state index contributed by atoms with van der Waals surface area (Å²) in [5.74, 6) is -0.704. The van der Waals surface area contributed by atoms with E-state index in [0.717, 1.165) is 31.3 Å². The van der Waals surface area contributed by atoms with Crippen LogP contribution in [0.15, 0.2) is 65.7 Å². The van der Waals surface area contributed by atoms with E-state index in [1.807, 2.05) is 42.1 Å². The molecule has 0 fully saturated rings. The Kier molecular flexibility index (Phi) is 6.13. The Morgan fingerprint density at radius 3 is 2.58 bits per heavy atom. The first kappa shape index (κ1) is 21.5. The number of benzene rings is 2. The third-order valence-electron chi connectivity index (χ3n) is 5.83. The minimum Gasteiger partial charge on any atom is -0.494 e. The van der Waals surface area contributed by atoms with Gasteiger partial charge in [0.25, 0.3) is 0 Å². The van der Waals surface area contributed by atoms with Crippen molar-refractivity contribution >= 4 is 10.0 Å². The van der Waals surface area contributed by atoms with E-state index in [1.54, 1.807) is 0 Å². The molecule has 3 aromatic rings. The lowest BCUT2D eigenvalue weighted by molar-refractivity contribution is 0.174. The lowest BCUT2D eigenvalue weighted by Crippen LogP contribution is -2.41. The highest BCUT2D eigenvalue weighted by Crippen LogP contribution is 2.28. The van der Waals surface area contributed by atoms with Crippen molar-refractivity contribution in [1.82, 2.24) is 14.2 Å². The molecule has 2 aromatic carbocycles. The largest absolute Gasteiger partial charge is 0.494 e. The van der Waals surface area contributed by atoms with Crippen LogP contribution in [0.4, 0.5) is 4.39 Å². The Labute approximate surface area is 182 Å². The van der Waals surface area contributed by atoms with Gasteiger partial charge in [-0.3, -0.25) is 4.90 Å². The predicted octanol–water partition coefficient (Wildman–Crippen LogP) is 3.25. The molecular formula is C23H26FN3O3S. The van der Waals surface area contributed by atoms with Gasteiger partial charge in [0.1, 0.15) is 0 Å². The summed E-state index contributed by atoms with van der Waals surface area (Å²) in [5.41, 5.74) is 3.61.